The molecule has 0 spiro atoms. The number of benzene rings is 1. The third-order valence-electron chi connectivity index (χ3n) is 7.12. The predicted octanol–water partition coefficient (Wildman–Crippen LogP) is 6.83. The van der Waals surface area contributed by atoms with Gasteiger partial charge in [-0.15, -0.1) is 9.24 Å². The molecule has 2 aromatic rings. The van der Waals surface area contributed by atoms with Gasteiger partial charge in [-0.25, -0.2) is 13.8 Å². The first-order valence-electron chi connectivity index (χ1n) is 13.1. The van der Waals surface area contributed by atoms with Gasteiger partial charge in [-0.2, -0.15) is 0 Å². The smallest absolute Gasteiger partial charge is 0.140 e. The highest BCUT2D eigenvalue weighted by Crippen LogP contribution is 2.39. The number of nitrogens with two attached hydrogens (primary N) is 1. The minimum Gasteiger partial charge on any atom is -0.360 e. The Hall–Kier alpha value is -2.63. The maximum absolute atomic E-state index is 13.7. The zero-order chi connectivity index (χ0) is 28.8. The normalized spacial score (nSPS) is 16.1. The fraction of sp³-hybridized carbons (Fsp3) is 0.467. The Morgan fingerprint density at radius 3 is 2.47 bits per heavy atom. The second kappa shape index (κ2) is 13.4. The average Bonchev–Trinajstić information content (AvgIpc) is 3.29. The van der Waals surface area contributed by atoms with Crippen LogP contribution in [0.15, 0.2) is 60.1 Å². The van der Waals surface area contributed by atoms with Crippen LogP contribution in [0.25, 0.3) is 11.3 Å². The summed E-state index contributed by atoms with van der Waals surface area (Å²) in [5.74, 6) is 1.12. The van der Waals surface area contributed by atoms with Crippen molar-refractivity contribution in [3.05, 3.63) is 72.5 Å². The number of hydrogen-bond donors (Lipinski definition) is 1. The molecule has 2 heterocycles. The third kappa shape index (κ3) is 7.06. The molecular formula is C30H44F2N5P. The molecule has 2 N–H and O–H groups in total. The van der Waals surface area contributed by atoms with Gasteiger partial charge in [0.2, 0.25) is 0 Å². The molecule has 2 atom stereocenters. The van der Waals surface area contributed by atoms with Gasteiger partial charge >= 0.3 is 0 Å². The molecule has 1 aromatic carbocycles. The zero-order valence-corrected chi connectivity index (χ0v) is 25.1. The summed E-state index contributed by atoms with van der Waals surface area (Å²) in [6.45, 7) is 24.3. The maximum atomic E-state index is 13.7. The third-order valence-corrected chi connectivity index (χ3v) is 7.56. The Morgan fingerprint density at radius 1 is 1.29 bits per heavy atom. The van der Waals surface area contributed by atoms with Crippen molar-refractivity contribution in [2.75, 3.05) is 13.1 Å². The Balaban J connectivity index is 0.000000358. The van der Waals surface area contributed by atoms with Gasteiger partial charge in [-0.3, -0.25) is 4.99 Å². The number of rotatable bonds is 8. The van der Waals surface area contributed by atoms with Crippen LogP contribution in [0.5, 0.6) is 0 Å². The van der Waals surface area contributed by atoms with Crippen LogP contribution in [0, 0.1) is 11.7 Å². The molecule has 0 amide bonds. The standard InChI is InChI=1S/C20H28FN4P.C10H16FN/c1-12(2)18-17(14-6-7-15(21)16(26)10-14)23-19-20(4,5)25(13(3)11-22)9-8-24(18)19;1-5-8(3)9(4)12-7-10(11)6-2/h6-7,10,12H,3,8-9,11,22,26H2,1-2,4-5H3;6-8H,2,5H2,1,3-4H3/b;10-7+,12-9?. The second-order valence-corrected chi connectivity index (χ2v) is 11.1. The molecule has 1 aliphatic rings. The monoisotopic (exact) mass is 543 g/mol. The lowest BCUT2D eigenvalue weighted by molar-refractivity contribution is 0.116. The first-order valence-corrected chi connectivity index (χ1v) is 13.7. The first-order chi connectivity index (χ1) is 17.8. The van der Waals surface area contributed by atoms with Crippen LogP contribution in [0.1, 0.15) is 72.3 Å². The van der Waals surface area contributed by atoms with Crippen molar-refractivity contribution in [2.24, 2.45) is 16.6 Å². The van der Waals surface area contributed by atoms with Gasteiger partial charge in [-0.05, 0) is 63.3 Å². The van der Waals surface area contributed by atoms with Gasteiger partial charge < -0.3 is 15.2 Å². The minimum absolute atomic E-state index is 0.223. The number of allylic oxidation sites excluding steroid dienone is 2. The van der Waals surface area contributed by atoms with E-state index < -0.39 is 5.83 Å². The Labute approximate surface area is 229 Å². The Bertz CT molecular complexity index is 1210. The van der Waals surface area contributed by atoms with E-state index in [1.54, 1.807) is 0 Å². The van der Waals surface area contributed by atoms with Crippen molar-refractivity contribution in [2.45, 2.75) is 72.9 Å². The van der Waals surface area contributed by atoms with E-state index >= 15 is 0 Å². The summed E-state index contributed by atoms with van der Waals surface area (Å²) in [7, 11) is 2.46. The van der Waals surface area contributed by atoms with Crippen molar-refractivity contribution in [3.63, 3.8) is 0 Å². The van der Waals surface area contributed by atoms with Crippen molar-refractivity contribution >= 4 is 20.3 Å². The molecule has 3 rings (SSSR count). The van der Waals surface area contributed by atoms with E-state index in [-0.39, 0.29) is 11.4 Å². The highest BCUT2D eigenvalue weighted by atomic mass is 31.0. The highest BCUT2D eigenvalue weighted by molar-refractivity contribution is 7.27. The SMILES string of the molecule is C=C(CN)N1CCn2c(nc(-c3ccc(F)c(P)c3)c2C(C)C)C1(C)C.C=C/C(F)=C\N=C(C)C(C)CC. The molecule has 5 nitrogen and oxygen atoms in total. The molecular weight excluding hydrogens is 499 g/mol. The van der Waals surface area contributed by atoms with E-state index in [9.17, 15) is 8.78 Å². The Morgan fingerprint density at radius 2 is 1.95 bits per heavy atom. The van der Waals surface area contributed by atoms with Crippen molar-refractivity contribution in [1.82, 2.24) is 14.5 Å². The van der Waals surface area contributed by atoms with Crippen LogP contribution in [0.2, 0.25) is 0 Å². The summed E-state index contributed by atoms with van der Waals surface area (Å²) < 4.78 is 28.5. The second-order valence-electron chi connectivity index (χ2n) is 10.5. The lowest BCUT2D eigenvalue weighted by atomic mass is 9.97. The number of aromatic nitrogens is 2. The lowest BCUT2D eigenvalue weighted by Gasteiger charge is -2.45. The van der Waals surface area contributed by atoms with Crippen LogP contribution in [0.4, 0.5) is 8.78 Å². The van der Waals surface area contributed by atoms with Crippen LogP contribution >= 0.6 is 9.24 Å². The molecule has 8 heteroatoms. The fourth-order valence-electron chi connectivity index (χ4n) is 4.55. The molecule has 2 unspecified atom stereocenters. The van der Waals surface area contributed by atoms with Crippen LogP contribution in [0.3, 0.4) is 0 Å². The fourth-order valence-corrected chi connectivity index (χ4v) is 4.83. The van der Waals surface area contributed by atoms with E-state index in [1.807, 2.05) is 19.1 Å². The summed E-state index contributed by atoms with van der Waals surface area (Å²) in [6, 6.07) is 5.17. The van der Waals surface area contributed by atoms with Crippen molar-refractivity contribution in [1.29, 1.82) is 0 Å². The number of aliphatic imine (C=N–C) groups is 1. The topological polar surface area (TPSA) is 59.4 Å². The number of nitrogens with zero attached hydrogens (tertiary/aromatic N) is 4. The molecule has 0 saturated heterocycles. The predicted molar refractivity (Wildman–Crippen MR) is 161 cm³/mol. The van der Waals surface area contributed by atoms with Crippen molar-refractivity contribution < 1.29 is 8.78 Å². The van der Waals surface area contributed by atoms with E-state index in [4.69, 9.17) is 10.7 Å². The lowest BCUT2D eigenvalue weighted by Crippen LogP contribution is -2.49. The number of imidazole rings is 1. The van der Waals surface area contributed by atoms with Gasteiger partial charge in [0.15, 0.2) is 0 Å². The van der Waals surface area contributed by atoms with Gasteiger partial charge in [-0.1, -0.05) is 40.9 Å². The summed E-state index contributed by atoms with van der Waals surface area (Å²) in [5.41, 5.74) is 10.5. The molecule has 0 aliphatic carbocycles. The minimum atomic E-state index is -0.391. The van der Waals surface area contributed by atoms with Crippen molar-refractivity contribution in [3.8, 4) is 11.3 Å². The van der Waals surface area contributed by atoms with Crippen LogP contribution < -0.4 is 11.0 Å². The summed E-state index contributed by atoms with van der Waals surface area (Å²) in [4.78, 5) is 11.3. The number of fused-ring (bicyclic) bond motifs is 1. The summed E-state index contributed by atoms with van der Waals surface area (Å²) >= 11 is 0. The van der Waals surface area contributed by atoms with E-state index in [2.05, 4.69) is 78.4 Å². The molecule has 0 bridgehead atoms. The van der Waals surface area contributed by atoms with Crippen LogP contribution in [-0.4, -0.2) is 33.3 Å². The first kappa shape index (κ1) is 31.6. The van der Waals surface area contributed by atoms with E-state index in [1.165, 1.54) is 18.0 Å². The van der Waals surface area contributed by atoms with E-state index in [0.29, 0.717) is 23.7 Å². The van der Waals surface area contributed by atoms with Gasteiger partial charge in [0.1, 0.15) is 17.5 Å². The number of hydrogen-bond acceptors (Lipinski definition) is 4. The Kier molecular flexibility index (Phi) is 11.2. The molecule has 1 aromatic heterocycles. The van der Waals surface area contributed by atoms with Gasteiger partial charge in [0.25, 0.3) is 0 Å². The molecule has 0 fully saturated rings. The average molecular weight is 544 g/mol. The van der Waals surface area contributed by atoms with Crippen LogP contribution in [-0.2, 0) is 12.1 Å². The van der Waals surface area contributed by atoms with Gasteiger partial charge in [0.05, 0.1) is 17.4 Å². The maximum Gasteiger partial charge on any atom is 0.140 e. The highest BCUT2D eigenvalue weighted by Gasteiger charge is 2.39. The largest absolute Gasteiger partial charge is 0.360 e. The molecule has 0 saturated carbocycles. The van der Waals surface area contributed by atoms with E-state index in [0.717, 1.165) is 54.1 Å². The molecule has 0 radical (unpaired) electrons. The van der Waals surface area contributed by atoms with Gasteiger partial charge in [0, 0.05) is 47.6 Å². The zero-order valence-electron chi connectivity index (χ0n) is 24.0. The molecule has 1 aliphatic heterocycles. The number of halogens is 2. The quantitative estimate of drug-likeness (QED) is 0.226. The molecule has 208 valence electrons. The molecule has 38 heavy (non-hydrogen) atoms. The summed E-state index contributed by atoms with van der Waals surface area (Å²) in [6.07, 6.45) is 3.38. The summed E-state index contributed by atoms with van der Waals surface area (Å²) in [5, 5.41) is 0.556.